The van der Waals surface area contributed by atoms with Crippen LogP contribution in [0.25, 0.3) is 11.0 Å². The van der Waals surface area contributed by atoms with Gasteiger partial charge in [-0.1, -0.05) is 36.4 Å². The zero-order chi connectivity index (χ0) is 23.1. The Balaban J connectivity index is 1.53. The van der Waals surface area contributed by atoms with Crippen LogP contribution < -0.4 is 20.2 Å². The van der Waals surface area contributed by atoms with Crippen molar-refractivity contribution < 1.29 is 18.7 Å². The van der Waals surface area contributed by atoms with Crippen molar-refractivity contribution in [2.24, 2.45) is 0 Å². The third-order valence-corrected chi connectivity index (χ3v) is 6.07. The minimum atomic E-state index is -0.633. The van der Waals surface area contributed by atoms with Gasteiger partial charge in [-0.3, -0.25) is 9.59 Å². The Morgan fingerprint density at radius 1 is 0.939 bits per heavy atom. The van der Waals surface area contributed by atoms with Gasteiger partial charge in [-0.25, -0.2) is 0 Å². The molecule has 6 heteroatoms. The Kier molecular flexibility index (Phi) is 5.13. The molecule has 1 aliphatic heterocycles. The van der Waals surface area contributed by atoms with Gasteiger partial charge in [-0.15, -0.1) is 0 Å². The summed E-state index contributed by atoms with van der Waals surface area (Å²) in [4.78, 5) is 26.1. The topological polar surface area (TPSA) is 77.8 Å². The van der Waals surface area contributed by atoms with E-state index in [0.717, 1.165) is 16.7 Å². The standard InChI is InChI=1S/C27H23NO5/c1-15-11-19-21(12-16(15)2)33-26-23(25(19)29)24(28-27(26)30)18-9-10-20(22(13-18)31-3)32-14-17-7-5-4-6-8-17/h4-13,24H,14H2,1-3H3,(H,28,30). The molecule has 2 heterocycles. The third kappa shape index (κ3) is 3.63. The van der Waals surface area contributed by atoms with Gasteiger partial charge in [-0.05, 0) is 60.4 Å². The summed E-state index contributed by atoms with van der Waals surface area (Å²) < 4.78 is 17.4. The maximum Gasteiger partial charge on any atom is 0.288 e. The molecule has 1 N–H and O–H groups in total. The minimum absolute atomic E-state index is 0.0594. The number of rotatable bonds is 5. The van der Waals surface area contributed by atoms with Crippen molar-refractivity contribution in [3.05, 3.63) is 104 Å². The summed E-state index contributed by atoms with van der Waals surface area (Å²) in [5.41, 5.74) is 4.26. The van der Waals surface area contributed by atoms with Crippen LogP contribution in [-0.4, -0.2) is 13.0 Å². The molecule has 4 aromatic rings. The molecule has 5 rings (SSSR count). The second-order valence-corrected chi connectivity index (χ2v) is 8.20. The first-order valence-corrected chi connectivity index (χ1v) is 10.7. The summed E-state index contributed by atoms with van der Waals surface area (Å²) in [6, 6.07) is 18.2. The van der Waals surface area contributed by atoms with Crippen molar-refractivity contribution in [2.75, 3.05) is 7.11 Å². The predicted octanol–water partition coefficient (Wildman–Crippen LogP) is 4.83. The molecule has 33 heavy (non-hydrogen) atoms. The zero-order valence-electron chi connectivity index (χ0n) is 18.6. The highest BCUT2D eigenvalue weighted by Crippen LogP contribution is 2.36. The van der Waals surface area contributed by atoms with Gasteiger partial charge in [0.15, 0.2) is 16.9 Å². The number of nitrogens with one attached hydrogen (secondary N) is 1. The molecule has 0 radical (unpaired) electrons. The predicted molar refractivity (Wildman–Crippen MR) is 125 cm³/mol. The Hall–Kier alpha value is -4.06. The molecule has 1 unspecified atom stereocenters. The van der Waals surface area contributed by atoms with Gasteiger partial charge in [-0.2, -0.15) is 0 Å². The number of fused-ring (bicyclic) bond motifs is 2. The zero-order valence-corrected chi connectivity index (χ0v) is 18.6. The van der Waals surface area contributed by atoms with Crippen LogP contribution in [0.3, 0.4) is 0 Å². The van der Waals surface area contributed by atoms with Crippen LogP contribution in [0.15, 0.2) is 69.9 Å². The number of carbonyl (C=O) groups excluding carboxylic acids is 1. The fourth-order valence-corrected chi connectivity index (χ4v) is 4.13. The lowest BCUT2D eigenvalue weighted by atomic mass is 9.98. The van der Waals surface area contributed by atoms with Crippen molar-refractivity contribution >= 4 is 16.9 Å². The molecule has 1 aromatic heterocycles. The van der Waals surface area contributed by atoms with Gasteiger partial charge in [0.1, 0.15) is 12.2 Å². The van der Waals surface area contributed by atoms with Crippen molar-refractivity contribution in [1.82, 2.24) is 5.32 Å². The van der Waals surface area contributed by atoms with Gasteiger partial charge in [0.25, 0.3) is 5.91 Å². The molecule has 0 fully saturated rings. The molecule has 0 saturated carbocycles. The number of benzene rings is 3. The van der Waals surface area contributed by atoms with Gasteiger partial charge in [0, 0.05) is 0 Å². The molecular weight excluding hydrogens is 418 g/mol. The van der Waals surface area contributed by atoms with E-state index in [2.05, 4.69) is 5.32 Å². The van der Waals surface area contributed by atoms with Crippen LogP contribution in [0.5, 0.6) is 11.5 Å². The van der Waals surface area contributed by atoms with Gasteiger partial charge < -0.3 is 19.2 Å². The SMILES string of the molecule is COc1cc(C2NC(=O)c3oc4cc(C)c(C)cc4c(=O)c32)ccc1OCc1ccccc1. The largest absolute Gasteiger partial charge is 0.493 e. The van der Waals surface area contributed by atoms with Gasteiger partial charge >= 0.3 is 0 Å². The molecule has 3 aromatic carbocycles. The van der Waals surface area contributed by atoms with Crippen molar-refractivity contribution in [3.8, 4) is 11.5 Å². The summed E-state index contributed by atoms with van der Waals surface area (Å²) in [6.07, 6.45) is 0. The first-order valence-electron chi connectivity index (χ1n) is 10.7. The van der Waals surface area contributed by atoms with E-state index in [9.17, 15) is 9.59 Å². The number of hydrogen-bond donors (Lipinski definition) is 1. The van der Waals surface area contributed by atoms with E-state index in [1.807, 2.05) is 56.3 Å². The lowest BCUT2D eigenvalue weighted by Crippen LogP contribution is -2.22. The first-order chi connectivity index (χ1) is 16.0. The normalized spacial score (nSPS) is 14.8. The lowest BCUT2D eigenvalue weighted by molar-refractivity contribution is 0.0938. The molecular formula is C27H23NO5. The highest BCUT2D eigenvalue weighted by Gasteiger charge is 2.36. The van der Waals surface area contributed by atoms with E-state index in [-0.39, 0.29) is 11.2 Å². The summed E-state index contributed by atoms with van der Waals surface area (Å²) in [7, 11) is 1.56. The summed E-state index contributed by atoms with van der Waals surface area (Å²) in [5, 5.41) is 3.35. The quantitative estimate of drug-likeness (QED) is 0.480. The monoisotopic (exact) mass is 441 g/mol. The smallest absolute Gasteiger partial charge is 0.288 e. The molecule has 1 aliphatic rings. The fraction of sp³-hybridized carbons (Fsp3) is 0.185. The molecule has 0 bridgehead atoms. The highest BCUT2D eigenvalue weighted by molar-refractivity contribution is 5.99. The maximum absolute atomic E-state index is 13.4. The molecule has 0 aliphatic carbocycles. The van der Waals surface area contributed by atoms with Crippen molar-refractivity contribution in [3.63, 3.8) is 0 Å². The van der Waals surface area contributed by atoms with Crippen LogP contribution >= 0.6 is 0 Å². The number of carbonyl (C=O) groups is 1. The van der Waals surface area contributed by atoms with E-state index >= 15 is 0 Å². The van der Waals surface area contributed by atoms with E-state index in [4.69, 9.17) is 13.9 Å². The van der Waals surface area contributed by atoms with Gasteiger partial charge in [0.05, 0.1) is 24.1 Å². The third-order valence-electron chi connectivity index (χ3n) is 6.07. The summed E-state index contributed by atoms with van der Waals surface area (Å²) in [6.45, 7) is 4.29. The Morgan fingerprint density at radius 2 is 1.70 bits per heavy atom. The maximum atomic E-state index is 13.4. The van der Waals surface area contributed by atoms with E-state index in [0.29, 0.717) is 40.2 Å². The molecule has 1 atom stereocenters. The molecule has 0 spiro atoms. The first kappa shape index (κ1) is 20.8. The summed E-state index contributed by atoms with van der Waals surface area (Å²) >= 11 is 0. The lowest BCUT2D eigenvalue weighted by Gasteiger charge is -2.16. The molecule has 6 nitrogen and oxygen atoms in total. The Labute approximate surface area is 190 Å². The van der Waals surface area contributed by atoms with Crippen LogP contribution in [-0.2, 0) is 6.61 Å². The summed E-state index contributed by atoms with van der Waals surface area (Å²) in [5.74, 6) is 0.744. The second-order valence-electron chi connectivity index (χ2n) is 8.20. The highest BCUT2D eigenvalue weighted by atomic mass is 16.5. The van der Waals surface area contributed by atoms with E-state index < -0.39 is 11.9 Å². The van der Waals surface area contributed by atoms with Crippen LogP contribution in [0.1, 0.15) is 44.4 Å². The molecule has 166 valence electrons. The number of aryl methyl sites for hydroxylation is 2. The van der Waals surface area contributed by atoms with Gasteiger partial charge in [0.2, 0.25) is 5.76 Å². The van der Waals surface area contributed by atoms with Crippen LogP contribution in [0.2, 0.25) is 0 Å². The van der Waals surface area contributed by atoms with Crippen LogP contribution in [0, 0.1) is 13.8 Å². The second kappa shape index (κ2) is 8.13. The average Bonchev–Trinajstić information content (AvgIpc) is 3.16. The number of ether oxygens (including phenoxy) is 2. The van der Waals surface area contributed by atoms with Crippen molar-refractivity contribution in [2.45, 2.75) is 26.5 Å². The minimum Gasteiger partial charge on any atom is -0.493 e. The fourth-order valence-electron chi connectivity index (χ4n) is 4.13. The van der Waals surface area contributed by atoms with E-state index in [1.165, 1.54) is 0 Å². The Morgan fingerprint density at radius 3 is 2.45 bits per heavy atom. The van der Waals surface area contributed by atoms with Crippen molar-refractivity contribution in [1.29, 1.82) is 0 Å². The molecule has 0 saturated heterocycles. The number of hydrogen-bond acceptors (Lipinski definition) is 5. The number of methoxy groups -OCH3 is 1. The number of amides is 1. The molecule has 1 amide bonds. The average molecular weight is 441 g/mol. The van der Waals surface area contributed by atoms with E-state index in [1.54, 1.807) is 25.3 Å². The van der Waals surface area contributed by atoms with Crippen LogP contribution in [0.4, 0.5) is 0 Å². The Bertz CT molecular complexity index is 1440.